The Morgan fingerprint density at radius 3 is 0.958 bits per heavy atom. The summed E-state index contributed by atoms with van der Waals surface area (Å²) < 4.78 is 0. The van der Waals surface area contributed by atoms with Crippen LogP contribution in [0.3, 0.4) is 0 Å². The second kappa shape index (κ2) is 10.1. The third kappa shape index (κ3) is 5.39. The van der Waals surface area contributed by atoms with Crippen LogP contribution in [-0.4, -0.2) is 23.4 Å². The second-order valence-electron chi connectivity index (χ2n) is 5.41. The normalized spacial score (nSPS) is 11.5. The Kier molecular flexibility index (Phi) is 8.42. The molecule has 0 N–H and O–H groups in total. The van der Waals surface area contributed by atoms with Gasteiger partial charge in [0.2, 0.25) is 0 Å². The number of halogens is 3. The molecule has 0 amide bonds. The summed E-state index contributed by atoms with van der Waals surface area (Å²) in [6.07, 6.45) is 0. The van der Waals surface area contributed by atoms with Crippen molar-refractivity contribution in [1.82, 2.24) is 0 Å². The molecule has 126 valence electrons. The van der Waals surface area contributed by atoms with Crippen LogP contribution in [0.1, 0.15) is 0 Å². The van der Waals surface area contributed by atoms with Gasteiger partial charge in [0.15, 0.2) is 0 Å². The Bertz CT molecular complexity index is 622. The van der Waals surface area contributed by atoms with E-state index in [9.17, 15) is 0 Å². The molecule has 0 saturated heterocycles. The predicted molar refractivity (Wildman–Crippen MR) is 116 cm³/mol. The van der Waals surface area contributed by atoms with E-state index in [0.29, 0.717) is 0 Å². The first-order chi connectivity index (χ1) is 11.5. The number of rotatable bonds is 3. The van der Waals surface area contributed by atoms with Crippen LogP contribution in [0.15, 0.2) is 91.0 Å². The Morgan fingerprint density at radius 2 is 0.750 bits per heavy atom. The van der Waals surface area contributed by atoms with Gasteiger partial charge in [-0.2, -0.15) is 0 Å². The van der Waals surface area contributed by atoms with Crippen LogP contribution in [0.4, 0.5) is 0 Å². The maximum atomic E-state index is 4.99. The summed E-state index contributed by atoms with van der Waals surface area (Å²) in [4.78, 5) is 0. The number of benzene rings is 3. The van der Waals surface area contributed by atoms with E-state index < -0.39 is 24.0 Å². The van der Waals surface area contributed by atoms with E-state index in [1.54, 1.807) is 0 Å². The van der Waals surface area contributed by atoms with E-state index in [0.717, 1.165) is 0 Å². The Morgan fingerprint density at radius 1 is 0.542 bits per heavy atom. The van der Waals surface area contributed by atoms with Gasteiger partial charge in [-0.3, -0.25) is 0 Å². The van der Waals surface area contributed by atoms with Gasteiger partial charge in [-0.25, -0.2) is 0 Å². The molecule has 0 atom stereocenters. The van der Waals surface area contributed by atoms with Gasteiger partial charge in [0.05, 0.1) is 0 Å². The van der Waals surface area contributed by atoms with E-state index in [1.807, 2.05) is 0 Å². The van der Waals surface area contributed by atoms with Gasteiger partial charge in [-0.1, -0.05) is 0 Å². The van der Waals surface area contributed by atoms with Gasteiger partial charge < -0.3 is 0 Å². The van der Waals surface area contributed by atoms with Gasteiger partial charge in [-0.05, 0) is 0 Å². The van der Waals surface area contributed by atoms with Crippen molar-refractivity contribution in [3.05, 3.63) is 91.0 Å². The zero-order valence-electron chi connectivity index (χ0n) is 13.2. The minimum atomic E-state index is -2.03. The summed E-state index contributed by atoms with van der Waals surface area (Å²) >= 11 is -2.03. The third-order valence-electron chi connectivity index (χ3n) is 4.05. The molecule has 5 heteroatoms. The van der Waals surface area contributed by atoms with Crippen molar-refractivity contribution in [2.45, 2.75) is 0 Å². The molecule has 3 aromatic carbocycles. The van der Waals surface area contributed by atoms with Gasteiger partial charge in [0.25, 0.3) is 0 Å². The number of hydrogen-bond donors (Lipinski definition) is 0. The molecule has 0 aliphatic rings. The summed E-state index contributed by atoms with van der Waals surface area (Å²) in [7, 11) is 13.1. The summed E-state index contributed by atoms with van der Waals surface area (Å²) in [5.41, 5.74) is 0. The summed E-state index contributed by atoms with van der Waals surface area (Å²) in [5, 5.41) is 4.37. The van der Waals surface area contributed by atoms with E-state index in [2.05, 4.69) is 97.7 Å². The molecule has 0 aromatic heterocycles. The average Bonchev–Trinajstić information content (AvgIpc) is 2.63. The molecule has 3 aromatic rings. The van der Waals surface area contributed by atoms with Crippen molar-refractivity contribution in [2.75, 3.05) is 6.66 Å². The molecule has 0 saturated carbocycles. The predicted octanol–water partition coefficient (Wildman–Crippen LogP) is 5.03. The molecule has 0 aliphatic heterocycles. The summed E-state index contributed by atoms with van der Waals surface area (Å²) in [6.45, 7) is 2.44. The molecule has 0 bridgehead atoms. The van der Waals surface area contributed by atoms with E-state index >= 15 is 0 Å². The first-order valence-corrected chi connectivity index (χ1v) is 19.7. The molecule has 24 heavy (non-hydrogen) atoms. The van der Waals surface area contributed by atoms with Crippen molar-refractivity contribution < 1.29 is 0 Å². The molecule has 0 aliphatic carbocycles. The van der Waals surface area contributed by atoms with Gasteiger partial charge in [0, 0.05) is 0 Å². The van der Waals surface area contributed by atoms with Crippen LogP contribution in [-0.2, 0) is 0 Å². The topological polar surface area (TPSA) is 0 Å². The molecular weight excluding hydrogens is 487 g/mol. The van der Waals surface area contributed by atoms with Gasteiger partial charge >= 0.3 is 164 Å². The van der Waals surface area contributed by atoms with Gasteiger partial charge in [0.1, 0.15) is 0 Å². The standard InChI is InChI=1S/C19H19P.3ClH.Sb/c1-20(17-11-5-2-6-12-17,18-13-7-3-8-14-18)19-15-9-4-10-16-19;;;;/h2-16,20H,1H3;3*1H;/q;;;;+3/p-3. The first-order valence-electron chi connectivity index (χ1n) is 7.49. The molecule has 0 spiro atoms. The van der Waals surface area contributed by atoms with E-state index in [-0.39, 0.29) is 0 Å². The van der Waals surface area contributed by atoms with Crippen LogP contribution < -0.4 is 15.9 Å². The third-order valence-corrected chi connectivity index (χ3v) is 8.52. The zero-order valence-corrected chi connectivity index (χ0v) is 19.1. The SMILES string of the molecule is C[PH](c1ccccc1)(c1ccccc1)c1ccccc1.[Cl][Sb]([Cl])[Cl]. The minimum absolute atomic E-state index is 1.46. The maximum absolute atomic E-state index is 4.99. The second-order valence-corrected chi connectivity index (χ2v) is 20.8. The van der Waals surface area contributed by atoms with E-state index in [4.69, 9.17) is 26.5 Å². The van der Waals surface area contributed by atoms with Crippen LogP contribution in [0.2, 0.25) is 0 Å². The fourth-order valence-corrected chi connectivity index (χ4v) is 6.39. The Labute approximate surface area is 163 Å². The fraction of sp³-hybridized carbons (Fsp3) is 0.0526. The van der Waals surface area contributed by atoms with Crippen molar-refractivity contribution >= 4 is 66.4 Å². The summed E-state index contributed by atoms with van der Waals surface area (Å²) in [5.74, 6) is 0. The first kappa shape index (κ1) is 20.1. The molecule has 0 heterocycles. The molecule has 0 nitrogen and oxygen atoms in total. The van der Waals surface area contributed by atoms with Crippen LogP contribution in [0, 0.1) is 0 Å². The van der Waals surface area contributed by atoms with E-state index in [1.165, 1.54) is 15.9 Å². The Balaban J connectivity index is 0.000000471. The molecule has 0 fully saturated rings. The van der Waals surface area contributed by atoms with Crippen molar-refractivity contribution in [2.24, 2.45) is 0 Å². The average molecular weight is 506 g/mol. The van der Waals surface area contributed by atoms with Crippen molar-refractivity contribution in [3.63, 3.8) is 0 Å². The van der Waals surface area contributed by atoms with Crippen LogP contribution >= 0.6 is 33.7 Å². The van der Waals surface area contributed by atoms with Gasteiger partial charge in [-0.15, -0.1) is 0 Å². The molecule has 0 radical (unpaired) electrons. The molecule has 0 unspecified atom stereocenters. The van der Waals surface area contributed by atoms with Crippen LogP contribution in [0.25, 0.3) is 0 Å². The summed E-state index contributed by atoms with van der Waals surface area (Å²) in [6, 6.07) is 32.8. The fourth-order valence-electron chi connectivity index (χ4n) is 2.81. The molecular formula is C19H19Cl3PSb. The van der Waals surface area contributed by atoms with Crippen molar-refractivity contribution in [3.8, 4) is 0 Å². The Hall–Kier alpha value is -0.222. The monoisotopic (exact) mass is 504 g/mol. The zero-order chi connectivity index (χ0) is 17.4. The van der Waals surface area contributed by atoms with Crippen molar-refractivity contribution in [1.29, 1.82) is 0 Å². The molecule has 3 rings (SSSR count). The van der Waals surface area contributed by atoms with Crippen LogP contribution in [0.5, 0.6) is 0 Å². The number of hydrogen-bond acceptors (Lipinski definition) is 0. The quantitative estimate of drug-likeness (QED) is 0.346.